The van der Waals surface area contributed by atoms with E-state index in [9.17, 15) is 0 Å². The minimum atomic E-state index is 1.32. The first kappa shape index (κ1) is 7.75. The van der Waals surface area contributed by atoms with E-state index in [-0.39, 0.29) is 0 Å². The Morgan fingerprint density at radius 1 is 1.10 bits per heavy atom. The predicted octanol–water partition coefficient (Wildman–Crippen LogP) is 2.11. The highest BCUT2D eigenvalue weighted by atomic mass is 31.0. The fourth-order valence-electron chi connectivity index (χ4n) is 1.07. The highest BCUT2D eigenvalue weighted by molar-refractivity contribution is 7.27. The molecule has 1 rings (SSSR count). The Kier molecular flexibility index (Phi) is 2.11. The van der Waals surface area contributed by atoms with Crippen molar-refractivity contribution in [2.75, 3.05) is 0 Å². The maximum absolute atomic E-state index is 2.76. The second kappa shape index (κ2) is 2.72. The minimum absolute atomic E-state index is 1.32. The molecule has 0 spiro atoms. The third kappa shape index (κ3) is 1.38. The van der Waals surface area contributed by atoms with E-state index in [1.54, 1.807) is 0 Å². The van der Waals surface area contributed by atoms with Crippen LogP contribution in [0.25, 0.3) is 0 Å². The molecule has 1 aromatic carbocycles. The van der Waals surface area contributed by atoms with E-state index in [4.69, 9.17) is 0 Å². The van der Waals surface area contributed by atoms with Gasteiger partial charge in [-0.3, -0.25) is 0 Å². The summed E-state index contributed by atoms with van der Waals surface area (Å²) in [6.07, 6.45) is 0. The summed E-state index contributed by atoms with van der Waals surface area (Å²) in [5.74, 6) is 0. The highest BCUT2D eigenvalue weighted by Crippen LogP contribution is 2.08. The Bertz CT molecular complexity index is 228. The molecule has 1 atom stereocenters. The van der Waals surface area contributed by atoms with E-state index < -0.39 is 0 Å². The zero-order valence-electron chi connectivity index (χ0n) is 6.73. The fraction of sp³-hybridized carbons (Fsp3) is 0.333. The summed E-state index contributed by atoms with van der Waals surface area (Å²) in [4.78, 5) is 0. The number of hydrogen-bond donors (Lipinski definition) is 0. The van der Waals surface area contributed by atoms with Crippen molar-refractivity contribution in [1.82, 2.24) is 0 Å². The summed E-state index contributed by atoms with van der Waals surface area (Å²) in [7, 11) is 2.76. The summed E-state index contributed by atoms with van der Waals surface area (Å²) in [5, 5.41) is 1.32. The third-order valence-electron chi connectivity index (χ3n) is 1.85. The minimum Gasteiger partial charge on any atom is -0.105 e. The molecule has 0 heterocycles. The van der Waals surface area contributed by atoms with Crippen molar-refractivity contribution in [3.63, 3.8) is 0 Å². The number of rotatable bonds is 0. The van der Waals surface area contributed by atoms with Gasteiger partial charge in [0.05, 0.1) is 0 Å². The van der Waals surface area contributed by atoms with Crippen molar-refractivity contribution in [3.8, 4) is 0 Å². The molecule has 0 aliphatic heterocycles. The summed E-state index contributed by atoms with van der Waals surface area (Å²) in [5.41, 5.74) is 4.11. The van der Waals surface area contributed by atoms with Gasteiger partial charge in [0.2, 0.25) is 0 Å². The Morgan fingerprint density at radius 3 is 2.20 bits per heavy atom. The molecular formula is C9H13P. The Labute approximate surface area is 64.9 Å². The second-order valence-electron chi connectivity index (χ2n) is 2.80. The average Bonchev–Trinajstić information content (AvgIpc) is 1.82. The summed E-state index contributed by atoms with van der Waals surface area (Å²) in [6, 6.07) is 4.40. The third-order valence-corrected chi connectivity index (χ3v) is 2.45. The van der Waals surface area contributed by atoms with Gasteiger partial charge >= 0.3 is 0 Å². The zero-order valence-corrected chi connectivity index (χ0v) is 7.89. The van der Waals surface area contributed by atoms with Crippen molar-refractivity contribution in [2.45, 2.75) is 20.8 Å². The van der Waals surface area contributed by atoms with E-state index in [2.05, 4.69) is 42.1 Å². The van der Waals surface area contributed by atoms with Crippen LogP contribution in [-0.4, -0.2) is 0 Å². The fourth-order valence-corrected chi connectivity index (χ4v) is 1.56. The van der Waals surface area contributed by atoms with Crippen LogP contribution in [0, 0.1) is 20.8 Å². The lowest BCUT2D eigenvalue weighted by molar-refractivity contribution is 1.33. The van der Waals surface area contributed by atoms with Crippen LogP contribution < -0.4 is 5.30 Å². The molecule has 0 radical (unpaired) electrons. The summed E-state index contributed by atoms with van der Waals surface area (Å²) < 4.78 is 0. The lowest BCUT2D eigenvalue weighted by Crippen LogP contribution is -1.99. The van der Waals surface area contributed by atoms with Crippen LogP contribution in [0.1, 0.15) is 16.7 Å². The first-order chi connectivity index (χ1) is 4.61. The molecular weight excluding hydrogens is 139 g/mol. The lowest BCUT2D eigenvalue weighted by Gasteiger charge is -2.04. The lowest BCUT2D eigenvalue weighted by atomic mass is 10.1. The molecule has 0 amide bonds. The molecule has 0 saturated carbocycles. The van der Waals surface area contributed by atoms with Crippen molar-refractivity contribution in [2.24, 2.45) is 0 Å². The smallest absolute Gasteiger partial charge is 0.0268 e. The van der Waals surface area contributed by atoms with Crippen molar-refractivity contribution < 1.29 is 0 Å². The van der Waals surface area contributed by atoms with Gasteiger partial charge in [-0.05, 0) is 37.2 Å². The van der Waals surface area contributed by atoms with Crippen LogP contribution in [0.2, 0.25) is 0 Å². The van der Waals surface area contributed by atoms with Crippen molar-refractivity contribution >= 4 is 14.5 Å². The molecule has 1 unspecified atom stereocenters. The van der Waals surface area contributed by atoms with Crippen LogP contribution >= 0.6 is 9.24 Å². The molecule has 0 N–H and O–H groups in total. The van der Waals surface area contributed by atoms with E-state index in [0.717, 1.165) is 0 Å². The van der Waals surface area contributed by atoms with Gasteiger partial charge in [-0.25, -0.2) is 0 Å². The molecule has 1 aromatic rings. The molecule has 0 saturated heterocycles. The monoisotopic (exact) mass is 152 g/mol. The largest absolute Gasteiger partial charge is 0.105 e. The SMILES string of the molecule is Cc1cc(C)c(C)c(P)c1. The van der Waals surface area contributed by atoms with Gasteiger partial charge in [-0.1, -0.05) is 17.7 Å². The van der Waals surface area contributed by atoms with E-state index in [1.807, 2.05) is 0 Å². The molecule has 0 aliphatic rings. The number of hydrogen-bond acceptors (Lipinski definition) is 0. The van der Waals surface area contributed by atoms with Crippen molar-refractivity contribution in [3.05, 3.63) is 28.8 Å². The first-order valence-electron chi connectivity index (χ1n) is 3.44. The van der Waals surface area contributed by atoms with Crippen molar-refractivity contribution in [1.29, 1.82) is 0 Å². The average molecular weight is 152 g/mol. The summed E-state index contributed by atoms with van der Waals surface area (Å²) in [6.45, 7) is 6.42. The maximum Gasteiger partial charge on any atom is -0.0268 e. The van der Waals surface area contributed by atoms with E-state index in [1.165, 1.54) is 22.0 Å². The van der Waals surface area contributed by atoms with Gasteiger partial charge < -0.3 is 0 Å². The van der Waals surface area contributed by atoms with Crippen LogP contribution in [0.3, 0.4) is 0 Å². The highest BCUT2D eigenvalue weighted by Gasteiger charge is 1.96. The topological polar surface area (TPSA) is 0 Å². The molecule has 0 aliphatic carbocycles. The van der Waals surface area contributed by atoms with Gasteiger partial charge in [-0.2, -0.15) is 0 Å². The van der Waals surface area contributed by atoms with E-state index >= 15 is 0 Å². The Hall–Kier alpha value is -0.350. The molecule has 0 aromatic heterocycles. The molecule has 0 bridgehead atoms. The Balaban J connectivity index is 3.31. The number of benzene rings is 1. The quantitative estimate of drug-likeness (QED) is 0.499. The van der Waals surface area contributed by atoms with Gasteiger partial charge in [-0.15, -0.1) is 9.24 Å². The second-order valence-corrected chi connectivity index (χ2v) is 3.42. The molecule has 0 nitrogen and oxygen atoms in total. The predicted molar refractivity (Wildman–Crippen MR) is 50.0 cm³/mol. The summed E-state index contributed by atoms with van der Waals surface area (Å²) >= 11 is 0. The van der Waals surface area contributed by atoms with Gasteiger partial charge in [0.1, 0.15) is 0 Å². The molecule has 10 heavy (non-hydrogen) atoms. The molecule has 1 heteroatoms. The first-order valence-corrected chi connectivity index (χ1v) is 4.02. The van der Waals surface area contributed by atoms with Gasteiger partial charge in [0.15, 0.2) is 0 Å². The maximum atomic E-state index is 2.76. The Morgan fingerprint density at radius 2 is 1.70 bits per heavy atom. The molecule has 54 valence electrons. The van der Waals surface area contributed by atoms with Crippen LogP contribution in [0.15, 0.2) is 12.1 Å². The number of aryl methyl sites for hydroxylation is 2. The van der Waals surface area contributed by atoms with Crippen LogP contribution in [0.4, 0.5) is 0 Å². The van der Waals surface area contributed by atoms with Gasteiger partial charge in [0.25, 0.3) is 0 Å². The normalized spacial score (nSPS) is 10.0. The zero-order chi connectivity index (χ0) is 7.72. The van der Waals surface area contributed by atoms with Gasteiger partial charge in [0, 0.05) is 0 Å². The standard InChI is InChI=1S/C9H13P/c1-6-4-7(2)8(3)9(10)5-6/h4-5H,10H2,1-3H3. The van der Waals surface area contributed by atoms with Crippen LogP contribution in [-0.2, 0) is 0 Å². The molecule has 0 fully saturated rings. The van der Waals surface area contributed by atoms with E-state index in [0.29, 0.717) is 0 Å². The van der Waals surface area contributed by atoms with Crippen LogP contribution in [0.5, 0.6) is 0 Å².